The number of rotatable bonds is 8. The van der Waals surface area contributed by atoms with Crippen LogP contribution in [0, 0.1) is 0 Å². The summed E-state index contributed by atoms with van der Waals surface area (Å²) in [5.74, 6) is 1.05. The van der Waals surface area contributed by atoms with E-state index in [4.69, 9.17) is 9.47 Å². The van der Waals surface area contributed by atoms with E-state index in [1.807, 2.05) is 0 Å². The van der Waals surface area contributed by atoms with Gasteiger partial charge in [-0.3, -0.25) is 4.79 Å². The maximum atomic E-state index is 11.4. The van der Waals surface area contributed by atoms with Gasteiger partial charge in [-0.25, -0.2) is 0 Å². The van der Waals surface area contributed by atoms with E-state index < -0.39 is 6.10 Å². The Labute approximate surface area is 144 Å². The first-order chi connectivity index (χ1) is 11.6. The summed E-state index contributed by atoms with van der Waals surface area (Å²) in [5.41, 5.74) is 0.585. The summed E-state index contributed by atoms with van der Waals surface area (Å²) in [6.45, 7) is 2.39. The Morgan fingerprint density at radius 2 is 1.96 bits per heavy atom. The molecular weight excluding hydrogens is 306 g/mol. The first-order valence-electron chi connectivity index (χ1n) is 8.93. The van der Waals surface area contributed by atoms with E-state index in [2.05, 4.69) is 5.32 Å². The molecule has 3 N–H and O–H groups in total. The first kappa shape index (κ1) is 18.7. The number of methoxy groups -OCH3 is 1. The van der Waals surface area contributed by atoms with Gasteiger partial charge in [-0.1, -0.05) is 12.8 Å². The fraction of sp³-hybridized carbons (Fsp3) is 0.632. The lowest BCUT2D eigenvalue weighted by Crippen LogP contribution is -2.91. The molecule has 2 rings (SSSR count). The van der Waals surface area contributed by atoms with Crippen molar-refractivity contribution in [3.8, 4) is 11.5 Å². The van der Waals surface area contributed by atoms with Gasteiger partial charge >= 0.3 is 0 Å². The molecule has 0 aliphatic heterocycles. The molecule has 1 aliphatic carbocycles. The Morgan fingerprint density at radius 3 is 2.58 bits per heavy atom. The van der Waals surface area contributed by atoms with E-state index >= 15 is 0 Å². The normalized spacial score (nSPS) is 17.1. The van der Waals surface area contributed by atoms with E-state index in [1.165, 1.54) is 45.4 Å². The van der Waals surface area contributed by atoms with Gasteiger partial charge in [-0.15, -0.1) is 0 Å². The average Bonchev–Trinajstić information content (AvgIpc) is 2.86. The molecule has 0 bridgehead atoms. The molecule has 1 saturated carbocycles. The maximum absolute atomic E-state index is 11.4. The van der Waals surface area contributed by atoms with Crippen molar-refractivity contribution in [1.29, 1.82) is 0 Å². The van der Waals surface area contributed by atoms with Crippen LogP contribution in [0.1, 0.15) is 55.8 Å². The minimum Gasteiger partial charge on any atom is -0.493 e. The summed E-state index contributed by atoms with van der Waals surface area (Å²) < 4.78 is 11.0. The molecule has 0 spiro atoms. The Bertz CT molecular complexity index is 524. The Morgan fingerprint density at radius 1 is 1.25 bits per heavy atom. The summed E-state index contributed by atoms with van der Waals surface area (Å²) in [6.07, 6.45) is 7.24. The van der Waals surface area contributed by atoms with Crippen molar-refractivity contribution in [2.45, 2.75) is 57.6 Å². The van der Waals surface area contributed by atoms with Gasteiger partial charge in [0.25, 0.3) is 0 Å². The van der Waals surface area contributed by atoms with Gasteiger partial charge in [0.1, 0.15) is 19.3 Å². The minimum absolute atomic E-state index is 0.0158. The molecule has 0 heterocycles. The summed E-state index contributed by atoms with van der Waals surface area (Å²) in [6, 6.07) is 5.73. The van der Waals surface area contributed by atoms with Crippen LogP contribution in [0.25, 0.3) is 0 Å². The second-order valence-corrected chi connectivity index (χ2v) is 6.61. The number of ether oxygens (including phenoxy) is 2. The van der Waals surface area contributed by atoms with Crippen LogP contribution < -0.4 is 14.8 Å². The summed E-state index contributed by atoms with van der Waals surface area (Å²) >= 11 is 0. The van der Waals surface area contributed by atoms with Crippen LogP contribution in [0.4, 0.5) is 0 Å². The molecule has 24 heavy (non-hydrogen) atoms. The van der Waals surface area contributed by atoms with Crippen LogP contribution in [0.3, 0.4) is 0 Å². The average molecular weight is 336 g/mol. The van der Waals surface area contributed by atoms with Gasteiger partial charge in [0, 0.05) is 5.56 Å². The van der Waals surface area contributed by atoms with Gasteiger partial charge in [0.05, 0.1) is 13.2 Å². The summed E-state index contributed by atoms with van der Waals surface area (Å²) in [7, 11) is 1.54. The number of carbonyl (C=O) groups is 1. The molecular formula is C19H30NO4+. The number of aliphatic hydroxyl groups is 1. The van der Waals surface area contributed by atoms with Crippen molar-refractivity contribution in [3.63, 3.8) is 0 Å². The van der Waals surface area contributed by atoms with Crippen LogP contribution in [-0.4, -0.2) is 43.3 Å². The number of quaternary nitrogens is 1. The topological polar surface area (TPSA) is 72.4 Å². The zero-order chi connectivity index (χ0) is 17.4. The molecule has 0 aromatic heterocycles. The van der Waals surface area contributed by atoms with Crippen LogP contribution in [0.2, 0.25) is 0 Å². The lowest BCUT2D eigenvalue weighted by atomic mass is 10.1. The van der Waals surface area contributed by atoms with Gasteiger partial charge in [-0.2, -0.15) is 0 Å². The molecule has 1 aliphatic rings. The smallest absolute Gasteiger partial charge is 0.161 e. The fourth-order valence-corrected chi connectivity index (χ4v) is 3.16. The Balaban J connectivity index is 1.80. The second kappa shape index (κ2) is 9.64. The highest BCUT2D eigenvalue weighted by atomic mass is 16.5. The third kappa shape index (κ3) is 5.80. The Kier molecular flexibility index (Phi) is 7.53. The number of aliphatic hydroxyl groups excluding tert-OH is 1. The van der Waals surface area contributed by atoms with Crippen LogP contribution in [0.5, 0.6) is 11.5 Å². The van der Waals surface area contributed by atoms with Gasteiger partial charge in [0.15, 0.2) is 17.3 Å². The number of nitrogens with two attached hydrogens (primary N) is 1. The number of benzene rings is 1. The highest BCUT2D eigenvalue weighted by Gasteiger charge is 2.17. The van der Waals surface area contributed by atoms with Crippen molar-refractivity contribution in [3.05, 3.63) is 23.8 Å². The zero-order valence-corrected chi connectivity index (χ0v) is 14.8. The molecule has 0 saturated heterocycles. The van der Waals surface area contributed by atoms with E-state index in [1.54, 1.807) is 25.3 Å². The molecule has 0 amide bonds. The number of ketones is 1. The standard InChI is InChI=1S/C19H29NO4/c1-14(21)15-9-10-18(19(11-15)23-2)24-13-17(22)12-20-16-7-5-3-4-6-8-16/h9-11,16-17,20,22H,3-8,12-13H2,1-2H3/p+1/t17-/m0/s1. The number of carbonyl (C=O) groups excluding carboxylic acids is 1. The van der Waals surface area contributed by atoms with Crippen molar-refractivity contribution in [1.82, 2.24) is 0 Å². The lowest BCUT2D eigenvalue weighted by Gasteiger charge is -2.17. The summed E-state index contributed by atoms with van der Waals surface area (Å²) in [5, 5.41) is 12.4. The molecule has 1 atom stereocenters. The van der Waals surface area contributed by atoms with Crippen LogP contribution in [-0.2, 0) is 0 Å². The Hall–Kier alpha value is -1.59. The quantitative estimate of drug-likeness (QED) is 0.562. The highest BCUT2D eigenvalue weighted by Crippen LogP contribution is 2.28. The third-order valence-electron chi connectivity index (χ3n) is 4.64. The third-order valence-corrected chi connectivity index (χ3v) is 4.64. The molecule has 0 radical (unpaired) electrons. The van der Waals surface area contributed by atoms with Crippen molar-refractivity contribution in [2.75, 3.05) is 20.3 Å². The van der Waals surface area contributed by atoms with E-state index in [9.17, 15) is 9.90 Å². The lowest BCUT2D eigenvalue weighted by molar-refractivity contribution is -0.695. The highest BCUT2D eigenvalue weighted by molar-refractivity contribution is 5.94. The predicted octanol–water partition coefficient (Wildman–Crippen LogP) is 1.92. The monoisotopic (exact) mass is 336 g/mol. The molecule has 5 nitrogen and oxygen atoms in total. The SMILES string of the molecule is COc1cc(C(C)=O)ccc1OC[C@@H](O)C[NH2+]C1CCCCCC1. The minimum atomic E-state index is -0.523. The van der Waals surface area contributed by atoms with Gasteiger partial charge < -0.3 is 19.9 Å². The fourth-order valence-electron chi connectivity index (χ4n) is 3.16. The number of hydrogen-bond acceptors (Lipinski definition) is 4. The molecule has 0 unspecified atom stereocenters. The number of Topliss-reactive ketones (excluding diaryl/α,β-unsaturated/α-hetero) is 1. The molecule has 5 heteroatoms. The first-order valence-corrected chi connectivity index (χ1v) is 8.93. The molecule has 1 fully saturated rings. The molecule has 1 aromatic rings. The van der Waals surface area contributed by atoms with Crippen LogP contribution >= 0.6 is 0 Å². The van der Waals surface area contributed by atoms with E-state index in [0.717, 1.165) is 0 Å². The van der Waals surface area contributed by atoms with Crippen molar-refractivity contribution < 1.29 is 24.7 Å². The number of hydrogen-bond donors (Lipinski definition) is 2. The maximum Gasteiger partial charge on any atom is 0.161 e. The largest absolute Gasteiger partial charge is 0.493 e. The van der Waals surface area contributed by atoms with E-state index in [-0.39, 0.29) is 12.4 Å². The predicted molar refractivity (Wildman–Crippen MR) is 92.8 cm³/mol. The van der Waals surface area contributed by atoms with Gasteiger partial charge in [0.2, 0.25) is 0 Å². The van der Waals surface area contributed by atoms with Crippen molar-refractivity contribution >= 4 is 5.78 Å². The van der Waals surface area contributed by atoms with Crippen LogP contribution in [0.15, 0.2) is 18.2 Å². The molecule has 134 valence electrons. The second-order valence-electron chi connectivity index (χ2n) is 6.61. The van der Waals surface area contributed by atoms with E-state index in [0.29, 0.717) is 29.6 Å². The molecule has 1 aromatic carbocycles. The zero-order valence-electron chi connectivity index (χ0n) is 14.8. The summed E-state index contributed by atoms with van der Waals surface area (Å²) in [4.78, 5) is 11.4. The van der Waals surface area contributed by atoms with Gasteiger partial charge in [-0.05, 0) is 50.8 Å². The van der Waals surface area contributed by atoms with Crippen molar-refractivity contribution in [2.24, 2.45) is 0 Å².